The molecule has 1 aromatic heterocycles. The molecule has 0 aliphatic carbocycles. The lowest BCUT2D eigenvalue weighted by atomic mass is 10.1. The largest absolute Gasteiger partial charge is 0.462 e. The number of nitrogens with one attached hydrogen (secondary N) is 1. The van der Waals surface area contributed by atoms with Gasteiger partial charge in [-0.25, -0.2) is 4.79 Å². The fourth-order valence-corrected chi connectivity index (χ4v) is 3.80. The third kappa shape index (κ3) is 4.99. The summed E-state index contributed by atoms with van der Waals surface area (Å²) >= 11 is 7.12. The topological polar surface area (TPSA) is 75.7 Å². The number of hydrogen-bond acceptors (Lipinski definition) is 5. The highest BCUT2D eigenvalue weighted by atomic mass is 35.5. The summed E-state index contributed by atoms with van der Waals surface area (Å²) in [6, 6.07) is 7.10. The van der Waals surface area contributed by atoms with E-state index in [1.807, 2.05) is 6.07 Å². The smallest absolute Gasteiger partial charge is 0.341 e. The minimum atomic E-state index is -0.584. The molecule has 0 unspecified atom stereocenters. The van der Waals surface area contributed by atoms with Crippen molar-refractivity contribution in [1.82, 2.24) is 4.90 Å². The average Bonchev–Trinajstić information content (AvgIpc) is 2.96. The van der Waals surface area contributed by atoms with E-state index in [0.29, 0.717) is 21.0 Å². The van der Waals surface area contributed by atoms with E-state index in [1.165, 1.54) is 11.0 Å². The van der Waals surface area contributed by atoms with E-state index in [1.54, 1.807) is 52.2 Å². The van der Waals surface area contributed by atoms with Crippen molar-refractivity contribution < 1.29 is 19.1 Å². The zero-order chi connectivity index (χ0) is 20.8. The van der Waals surface area contributed by atoms with Gasteiger partial charge in [0, 0.05) is 25.2 Å². The second-order valence-electron chi connectivity index (χ2n) is 6.02. The number of anilines is 1. The zero-order valence-corrected chi connectivity index (χ0v) is 17.6. The fourth-order valence-electron chi connectivity index (χ4n) is 2.39. The molecular formula is C20H21ClN2O4S. The van der Waals surface area contributed by atoms with Crippen molar-refractivity contribution in [1.29, 1.82) is 0 Å². The van der Waals surface area contributed by atoms with Crippen molar-refractivity contribution in [3.8, 4) is 0 Å². The third-order valence-corrected chi connectivity index (χ3v) is 5.32. The number of carbonyl (C=O) groups excluding carboxylic acids is 3. The molecule has 2 aromatic rings. The van der Waals surface area contributed by atoms with Gasteiger partial charge >= 0.3 is 5.97 Å². The van der Waals surface area contributed by atoms with Crippen molar-refractivity contribution in [2.75, 3.05) is 26.0 Å². The minimum absolute atomic E-state index is 0.185. The lowest BCUT2D eigenvalue weighted by molar-refractivity contribution is -0.111. The van der Waals surface area contributed by atoms with Gasteiger partial charge in [0.25, 0.3) is 5.91 Å². The molecule has 28 heavy (non-hydrogen) atoms. The maximum atomic E-state index is 12.4. The Bertz CT molecular complexity index is 934. The molecule has 0 bridgehead atoms. The summed E-state index contributed by atoms with van der Waals surface area (Å²) in [6.07, 6.45) is 2.90. The third-order valence-electron chi connectivity index (χ3n) is 3.78. The first-order valence-corrected chi connectivity index (χ1v) is 9.71. The lowest BCUT2D eigenvalue weighted by Crippen LogP contribution is -2.21. The van der Waals surface area contributed by atoms with Crippen LogP contribution in [0.15, 0.2) is 30.3 Å². The van der Waals surface area contributed by atoms with E-state index in [9.17, 15) is 14.4 Å². The standard InChI is InChI=1S/C20H21ClN2O4S/c1-5-27-20(26)16-12(2)17(19(25)23(3)4)28-18(16)22-15(24)11-10-13-8-6-7-9-14(13)21/h6-11H,5H2,1-4H3,(H,22,24)/b11-10+. The lowest BCUT2D eigenvalue weighted by Gasteiger charge is -2.09. The predicted octanol–water partition coefficient (Wildman–Crippen LogP) is 4.24. The van der Waals surface area contributed by atoms with Crippen LogP contribution in [-0.2, 0) is 9.53 Å². The molecule has 148 valence electrons. The Balaban J connectivity index is 2.34. The average molecular weight is 421 g/mol. The van der Waals surface area contributed by atoms with Gasteiger partial charge < -0.3 is 15.0 Å². The summed E-state index contributed by atoms with van der Waals surface area (Å²) in [5.41, 5.74) is 1.36. The fraction of sp³-hybridized carbons (Fsp3) is 0.250. The Morgan fingerprint density at radius 1 is 1.25 bits per heavy atom. The van der Waals surface area contributed by atoms with Crippen LogP contribution >= 0.6 is 22.9 Å². The Kier molecular flexibility index (Phi) is 7.37. The van der Waals surface area contributed by atoms with E-state index in [0.717, 1.165) is 11.3 Å². The molecular weight excluding hydrogens is 400 g/mol. The number of carbonyl (C=O) groups is 3. The van der Waals surface area contributed by atoms with Gasteiger partial charge in [0.2, 0.25) is 5.91 Å². The number of rotatable bonds is 6. The summed E-state index contributed by atoms with van der Waals surface area (Å²) in [4.78, 5) is 38.9. The molecule has 0 radical (unpaired) electrons. The van der Waals surface area contributed by atoms with Crippen LogP contribution in [0, 0.1) is 6.92 Å². The van der Waals surface area contributed by atoms with E-state index in [4.69, 9.17) is 16.3 Å². The van der Waals surface area contributed by atoms with Gasteiger partial charge in [-0.05, 0) is 37.1 Å². The van der Waals surface area contributed by atoms with Crippen LogP contribution in [0.2, 0.25) is 5.02 Å². The van der Waals surface area contributed by atoms with Crippen molar-refractivity contribution in [2.45, 2.75) is 13.8 Å². The second kappa shape index (κ2) is 9.52. The van der Waals surface area contributed by atoms with Gasteiger partial charge in [0.1, 0.15) is 5.00 Å². The molecule has 0 saturated heterocycles. The monoisotopic (exact) mass is 420 g/mol. The molecule has 0 atom stereocenters. The number of amides is 2. The second-order valence-corrected chi connectivity index (χ2v) is 7.45. The van der Waals surface area contributed by atoms with Crippen molar-refractivity contribution >= 4 is 51.8 Å². The maximum absolute atomic E-state index is 12.4. The molecule has 1 N–H and O–H groups in total. The van der Waals surface area contributed by atoms with Crippen LogP contribution in [0.25, 0.3) is 6.08 Å². The molecule has 2 rings (SSSR count). The zero-order valence-electron chi connectivity index (χ0n) is 16.0. The van der Waals surface area contributed by atoms with Gasteiger partial charge in [-0.3, -0.25) is 9.59 Å². The Labute approximate surface area is 172 Å². The molecule has 0 aliphatic rings. The predicted molar refractivity (Wildman–Crippen MR) is 112 cm³/mol. The van der Waals surface area contributed by atoms with E-state index < -0.39 is 11.9 Å². The molecule has 6 nitrogen and oxygen atoms in total. The summed E-state index contributed by atoms with van der Waals surface area (Å²) in [5.74, 6) is -1.28. The highest BCUT2D eigenvalue weighted by Gasteiger charge is 2.27. The van der Waals surface area contributed by atoms with E-state index in [-0.39, 0.29) is 23.1 Å². The number of ether oxygens (including phenoxy) is 1. The number of nitrogens with zero attached hydrogens (tertiary/aromatic N) is 1. The van der Waals surface area contributed by atoms with Crippen LogP contribution in [0.4, 0.5) is 5.00 Å². The Morgan fingerprint density at radius 3 is 2.54 bits per heavy atom. The van der Waals surface area contributed by atoms with Gasteiger partial charge in [-0.15, -0.1) is 11.3 Å². The van der Waals surface area contributed by atoms with Crippen molar-refractivity contribution in [3.63, 3.8) is 0 Å². The first kappa shape index (κ1) is 21.7. The van der Waals surface area contributed by atoms with Gasteiger partial charge in [-0.1, -0.05) is 29.8 Å². The van der Waals surface area contributed by atoms with E-state index >= 15 is 0 Å². The van der Waals surface area contributed by atoms with Crippen LogP contribution in [0.1, 0.15) is 38.1 Å². The Hall–Kier alpha value is -2.64. The summed E-state index contributed by atoms with van der Waals surface area (Å²) < 4.78 is 5.09. The van der Waals surface area contributed by atoms with Gasteiger partial charge in [0.05, 0.1) is 17.0 Å². The summed E-state index contributed by atoms with van der Waals surface area (Å²) in [7, 11) is 3.24. The number of esters is 1. The molecule has 1 heterocycles. The number of benzene rings is 1. The van der Waals surface area contributed by atoms with Gasteiger partial charge in [0.15, 0.2) is 0 Å². The highest BCUT2D eigenvalue weighted by molar-refractivity contribution is 7.18. The normalized spacial score (nSPS) is 10.8. The number of halogens is 1. The maximum Gasteiger partial charge on any atom is 0.341 e. The van der Waals surface area contributed by atoms with Crippen LogP contribution in [0.3, 0.4) is 0 Å². The molecule has 2 amide bonds. The van der Waals surface area contributed by atoms with Crippen molar-refractivity contribution in [2.24, 2.45) is 0 Å². The van der Waals surface area contributed by atoms with Crippen molar-refractivity contribution in [3.05, 3.63) is 56.9 Å². The van der Waals surface area contributed by atoms with Crippen LogP contribution in [0.5, 0.6) is 0 Å². The first-order chi connectivity index (χ1) is 13.3. The van der Waals surface area contributed by atoms with Gasteiger partial charge in [-0.2, -0.15) is 0 Å². The molecule has 0 aliphatic heterocycles. The molecule has 0 fully saturated rings. The molecule has 8 heteroatoms. The highest BCUT2D eigenvalue weighted by Crippen LogP contribution is 2.34. The summed E-state index contributed by atoms with van der Waals surface area (Å²) in [5, 5.41) is 3.46. The van der Waals surface area contributed by atoms with Crippen LogP contribution < -0.4 is 5.32 Å². The summed E-state index contributed by atoms with van der Waals surface area (Å²) in [6.45, 7) is 3.54. The molecule has 0 saturated carbocycles. The molecule has 0 spiro atoms. The SMILES string of the molecule is CCOC(=O)c1c(NC(=O)/C=C/c2ccccc2Cl)sc(C(=O)N(C)C)c1C. The minimum Gasteiger partial charge on any atom is -0.462 e. The van der Waals surface area contributed by atoms with Crippen LogP contribution in [-0.4, -0.2) is 43.4 Å². The van der Waals surface area contributed by atoms with E-state index in [2.05, 4.69) is 5.32 Å². The quantitative estimate of drug-likeness (QED) is 0.560. The number of hydrogen-bond donors (Lipinski definition) is 1. The molecule has 1 aromatic carbocycles. The number of thiophene rings is 1. The first-order valence-electron chi connectivity index (χ1n) is 8.52. The Morgan fingerprint density at radius 2 is 1.93 bits per heavy atom.